The van der Waals surface area contributed by atoms with Gasteiger partial charge in [-0.15, -0.1) is 0 Å². The van der Waals surface area contributed by atoms with Gasteiger partial charge in [-0.1, -0.05) is 20.8 Å². The highest BCUT2D eigenvalue weighted by Gasteiger charge is 2.24. The third kappa shape index (κ3) is 3.39. The number of nitrogens with one attached hydrogen (secondary N) is 1. The molecule has 0 aliphatic carbocycles. The van der Waals surface area contributed by atoms with Crippen LogP contribution in [0.15, 0.2) is 6.07 Å². The average Bonchev–Trinajstić information content (AvgIpc) is 2.38. The van der Waals surface area contributed by atoms with Crippen LogP contribution >= 0.6 is 0 Å². The van der Waals surface area contributed by atoms with Gasteiger partial charge >= 0.3 is 0 Å². The molecule has 2 heterocycles. The summed E-state index contributed by atoms with van der Waals surface area (Å²) in [6.07, 6.45) is 0. The predicted molar refractivity (Wildman–Crippen MR) is 82.5 cm³/mol. The molecule has 0 bridgehead atoms. The van der Waals surface area contributed by atoms with E-state index >= 15 is 0 Å². The summed E-state index contributed by atoms with van der Waals surface area (Å²) >= 11 is 0. The van der Waals surface area contributed by atoms with Crippen LogP contribution in [0.5, 0.6) is 0 Å². The fraction of sp³-hybridized carbons (Fsp3) is 0.733. The first-order valence-corrected chi connectivity index (χ1v) is 7.39. The minimum absolute atomic E-state index is 0.0598. The summed E-state index contributed by atoms with van der Waals surface area (Å²) in [5.41, 5.74) is -0.0598. The molecule has 1 saturated heterocycles. The molecule has 1 aliphatic heterocycles. The molecule has 20 heavy (non-hydrogen) atoms. The van der Waals surface area contributed by atoms with Gasteiger partial charge in [-0.2, -0.15) is 0 Å². The molecule has 1 unspecified atom stereocenters. The van der Waals surface area contributed by atoms with Crippen molar-refractivity contribution in [3.05, 3.63) is 11.9 Å². The Labute approximate surface area is 121 Å². The first-order valence-electron chi connectivity index (χ1n) is 7.39. The summed E-state index contributed by atoms with van der Waals surface area (Å²) in [5.74, 6) is 2.78. The van der Waals surface area contributed by atoms with Crippen LogP contribution in [0.1, 0.15) is 40.4 Å². The van der Waals surface area contributed by atoms with E-state index in [4.69, 9.17) is 9.72 Å². The molecule has 1 aromatic heterocycles. The summed E-state index contributed by atoms with van der Waals surface area (Å²) in [5, 5.41) is 3.31. The van der Waals surface area contributed by atoms with Crippen LogP contribution in [-0.4, -0.2) is 42.3 Å². The maximum absolute atomic E-state index is 5.51. The second-order valence-corrected chi connectivity index (χ2v) is 6.33. The van der Waals surface area contributed by atoms with Crippen molar-refractivity contribution in [2.75, 3.05) is 36.5 Å². The highest BCUT2D eigenvalue weighted by atomic mass is 16.5. The van der Waals surface area contributed by atoms with Crippen LogP contribution in [0, 0.1) is 0 Å². The van der Waals surface area contributed by atoms with E-state index in [0.29, 0.717) is 6.04 Å². The Balaban J connectivity index is 2.38. The lowest BCUT2D eigenvalue weighted by Gasteiger charge is -2.35. The molecular formula is C15H26N4O. The number of aromatic nitrogens is 2. The topological polar surface area (TPSA) is 50.3 Å². The van der Waals surface area contributed by atoms with E-state index in [1.807, 2.05) is 6.07 Å². The molecule has 0 radical (unpaired) electrons. The van der Waals surface area contributed by atoms with Gasteiger partial charge in [-0.05, 0) is 13.8 Å². The zero-order valence-electron chi connectivity index (χ0n) is 13.2. The quantitative estimate of drug-likeness (QED) is 0.920. The molecule has 1 fully saturated rings. The molecule has 0 aromatic carbocycles. The smallest absolute Gasteiger partial charge is 0.138 e. The van der Waals surface area contributed by atoms with Crippen molar-refractivity contribution in [1.82, 2.24) is 9.97 Å². The lowest BCUT2D eigenvalue weighted by atomic mass is 9.95. The van der Waals surface area contributed by atoms with Crippen LogP contribution in [0.2, 0.25) is 0 Å². The van der Waals surface area contributed by atoms with E-state index in [0.717, 1.165) is 43.8 Å². The van der Waals surface area contributed by atoms with Crippen LogP contribution in [-0.2, 0) is 10.2 Å². The SMILES string of the molecule is CCNc1cc(N2CCOCC2C)nc(C(C)(C)C)n1. The lowest BCUT2D eigenvalue weighted by Crippen LogP contribution is -2.44. The molecule has 112 valence electrons. The normalized spacial score (nSPS) is 20.1. The molecule has 1 N–H and O–H groups in total. The Bertz CT molecular complexity index is 456. The van der Waals surface area contributed by atoms with Gasteiger partial charge in [0.2, 0.25) is 0 Å². The Morgan fingerprint density at radius 3 is 2.75 bits per heavy atom. The maximum Gasteiger partial charge on any atom is 0.138 e. The number of hydrogen-bond donors (Lipinski definition) is 1. The first kappa shape index (κ1) is 15.0. The Hall–Kier alpha value is -1.36. The van der Waals surface area contributed by atoms with Gasteiger partial charge in [0, 0.05) is 24.6 Å². The van der Waals surface area contributed by atoms with Crippen molar-refractivity contribution in [2.45, 2.75) is 46.1 Å². The fourth-order valence-electron chi connectivity index (χ4n) is 2.26. The molecule has 5 heteroatoms. The lowest BCUT2D eigenvalue weighted by molar-refractivity contribution is 0.0985. The third-order valence-corrected chi connectivity index (χ3v) is 3.40. The number of hydrogen-bond acceptors (Lipinski definition) is 5. The van der Waals surface area contributed by atoms with E-state index in [2.05, 4.69) is 49.8 Å². The Morgan fingerprint density at radius 2 is 2.15 bits per heavy atom. The van der Waals surface area contributed by atoms with Crippen molar-refractivity contribution in [1.29, 1.82) is 0 Å². The zero-order valence-corrected chi connectivity index (χ0v) is 13.2. The first-order chi connectivity index (χ1) is 9.41. The number of rotatable bonds is 3. The van der Waals surface area contributed by atoms with Crippen LogP contribution in [0.25, 0.3) is 0 Å². The molecular weight excluding hydrogens is 252 g/mol. The van der Waals surface area contributed by atoms with Gasteiger partial charge in [0.05, 0.1) is 19.3 Å². The van der Waals surface area contributed by atoms with Gasteiger partial charge in [0.1, 0.15) is 17.5 Å². The Morgan fingerprint density at radius 1 is 1.40 bits per heavy atom. The molecule has 0 spiro atoms. The largest absolute Gasteiger partial charge is 0.377 e. The van der Waals surface area contributed by atoms with Crippen molar-refractivity contribution in [3.8, 4) is 0 Å². The van der Waals surface area contributed by atoms with E-state index in [-0.39, 0.29) is 5.41 Å². The monoisotopic (exact) mass is 278 g/mol. The predicted octanol–water partition coefficient (Wildman–Crippen LogP) is 2.43. The van der Waals surface area contributed by atoms with Crippen LogP contribution < -0.4 is 10.2 Å². The van der Waals surface area contributed by atoms with Crippen LogP contribution in [0.3, 0.4) is 0 Å². The second-order valence-electron chi connectivity index (χ2n) is 6.33. The van der Waals surface area contributed by atoms with Gasteiger partial charge < -0.3 is 15.0 Å². The highest BCUT2D eigenvalue weighted by Crippen LogP contribution is 2.25. The zero-order chi connectivity index (χ0) is 14.8. The van der Waals surface area contributed by atoms with Crippen molar-refractivity contribution in [2.24, 2.45) is 0 Å². The number of ether oxygens (including phenoxy) is 1. The van der Waals surface area contributed by atoms with Crippen molar-refractivity contribution >= 4 is 11.6 Å². The molecule has 0 amide bonds. The summed E-state index contributed by atoms with van der Waals surface area (Å²) in [6.45, 7) is 13.9. The van der Waals surface area contributed by atoms with Gasteiger partial charge in [-0.3, -0.25) is 0 Å². The van der Waals surface area contributed by atoms with Gasteiger partial charge in [0.25, 0.3) is 0 Å². The van der Waals surface area contributed by atoms with E-state index in [1.165, 1.54) is 0 Å². The summed E-state index contributed by atoms with van der Waals surface area (Å²) in [4.78, 5) is 11.7. The Kier molecular flexibility index (Phi) is 4.48. The second kappa shape index (κ2) is 5.95. The highest BCUT2D eigenvalue weighted by molar-refractivity contribution is 5.51. The van der Waals surface area contributed by atoms with Crippen LogP contribution in [0.4, 0.5) is 11.6 Å². The third-order valence-electron chi connectivity index (χ3n) is 3.40. The van der Waals surface area contributed by atoms with Crippen molar-refractivity contribution < 1.29 is 4.74 Å². The van der Waals surface area contributed by atoms with Crippen molar-refractivity contribution in [3.63, 3.8) is 0 Å². The number of anilines is 2. The number of morpholine rings is 1. The maximum atomic E-state index is 5.51. The van der Waals surface area contributed by atoms with E-state index in [1.54, 1.807) is 0 Å². The summed E-state index contributed by atoms with van der Waals surface area (Å²) in [7, 11) is 0. The summed E-state index contributed by atoms with van der Waals surface area (Å²) < 4.78 is 5.51. The minimum atomic E-state index is -0.0598. The molecule has 1 atom stereocenters. The number of nitrogens with zero attached hydrogens (tertiary/aromatic N) is 3. The standard InChI is InChI=1S/C15H26N4O/c1-6-16-12-9-13(18-14(17-12)15(3,4)5)19-7-8-20-10-11(19)2/h9,11H,6-8,10H2,1-5H3,(H,16,17,18). The molecule has 0 saturated carbocycles. The minimum Gasteiger partial charge on any atom is -0.377 e. The fourth-order valence-corrected chi connectivity index (χ4v) is 2.26. The average molecular weight is 278 g/mol. The molecule has 1 aromatic rings. The molecule has 2 rings (SSSR count). The van der Waals surface area contributed by atoms with E-state index < -0.39 is 0 Å². The summed E-state index contributed by atoms with van der Waals surface area (Å²) in [6, 6.07) is 2.39. The molecule has 1 aliphatic rings. The van der Waals surface area contributed by atoms with Gasteiger partial charge in [-0.25, -0.2) is 9.97 Å². The molecule has 5 nitrogen and oxygen atoms in total. The van der Waals surface area contributed by atoms with E-state index in [9.17, 15) is 0 Å². The van der Waals surface area contributed by atoms with Gasteiger partial charge in [0.15, 0.2) is 0 Å².